The number of carbonyl (C=O) groups is 1. The van der Waals surface area contributed by atoms with Gasteiger partial charge in [-0.3, -0.25) is 9.79 Å². The number of amides is 1. The van der Waals surface area contributed by atoms with Crippen LogP contribution in [0.1, 0.15) is 28.1 Å². The molecule has 7 heteroatoms. The van der Waals surface area contributed by atoms with E-state index in [-0.39, 0.29) is 5.91 Å². The zero-order chi connectivity index (χ0) is 18.1. The zero-order valence-electron chi connectivity index (χ0n) is 14.4. The minimum absolute atomic E-state index is 0.191. The molecule has 2 aromatic rings. The molecule has 134 valence electrons. The lowest BCUT2D eigenvalue weighted by atomic mass is 10.2. The van der Waals surface area contributed by atoms with E-state index in [1.54, 1.807) is 13.1 Å². The van der Waals surface area contributed by atoms with Crippen LogP contribution in [0.15, 0.2) is 46.0 Å². The number of carbonyl (C=O) groups excluding carboxylic acids is 1. The summed E-state index contributed by atoms with van der Waals surface area (Å²) in [6, 6.07) is 9.44. The molecule has 1 aromatic heterocycles. The van der Waals surface area contributed by atoms with Gasteiger partial charge >= 0.3 is 0 Å². The molecule has 0 atom stereocenters. The summed E-state index contributed by atoms with van der Waals surface area (Å²) in [7, 11) is 1.71. The van der Waals surface area contributed by atoms with Crippen molar-refractivity contribution >= 4 is 23.5 Å². The standard InChI is InChI=1S/C18H23ClN4O2/c1-13-8-11-25-16(13)17(24)21-9-5-10-22-18(20-2)23-12-14-6-3-4-7-15(14)19/h3-4,6-8,11H,5,9-10,12H2,1-2H3,(H,21,24)(H2,20,22,23). The van der Waals surface area contributed by atoms with E-state index in [1.807, 2.05) is 31.2 Å². The van der Waals surface area contributed by atoms with Crippen LogP contribution < -0.4 is 16.0 Å². The Morgan fingerprint density at radius 1 is 1.16 bits per heavy atom. The summed E-state index contributed by atoms with van der Waals surface area (Å²) < 4.78 is 5.15. The van der Waals surface area contributed by atoms with Gasteiger partial charge in [-0.2, -0.15) is 0 Å². The Balaban J connectivity index is 1.65. The summed E-state index contributed by atoms with van der Waals surface area (Å²) in [5, 5.41) is 9.96. The van der Waals surface area contributed by atoms with E-state index in [9.17, 15) is 4.79 Å². The smallest absolute Gasteiger partial charge is 0.287 e. The highest BCUT2D eigenvalue weighted by Gasteiger charge is 2.11. The molecule has 0 saturated heterocycles. The van der Waals surface area contributed by atoms with Crippen molar-refractivity contribution in [3.63, 3.8) is 0 Å². The van der Waals surface area contributed by atoms with E-state index in [4.69, 9.17) is 16.0 Å². The normalized spacial score (nSPS) is 11.2. The van der Waals surface area contributed by atoms with E-state index in [0.29, 0.717) is 31.4 Å². The molecule has 25 heavy (non-hydrogen) atoms. The highest BCUT2D eigenvalue weighted by molar-refractivity contribution is 6.31. The third kappa shape index (κ3) is 5.83. The summed E-state index contributed by atoms with van der Waals surface area (Å²) in [6.45, 7) is 3.66. The van der Waals surface area contributed by atoms with Crippen molar-refractivity contribution < 1.29 is 9.21 Å². The lowest BCUT2D eigenvalue weighted by molar-refractivity contribution is 0.0925. The maximum atomic E-state index is 11.9. The van der Waals surface area contributed by atoms with Crippen LogP contribution in [0.4, 0.5) is 0 Å². The fourth-order valence-electron chi connectivity index (χ4n) is 2.22. The number of hydrogen-bond acceptors (Lipinski definition) is 3. The Hall–Kier alpha value is -2.47. The van der Waals surface area contributed by atoms with Crippen molar-refractivity contribution in [3.05, 3.63) is 58.5 Å². The number of rotatable bonds is 7. The van der Waals surface area contributed by atoms with E-state index in [1.165, 1.54) is 6.26 Å². The van der Waals surface area contributed by atoms with Crippen LogP contribution in [-0.2, 0) is 6.54 Å². The van der Waals surface area contributed by atoms with Crippen molar-refractivity contribution in [3.8, 4) is 0 Å². The molecule has 0 unspecified atom stereocenters. The van der Waals surface area contributed by atoms with E-state index >= 15 is 0 Å². The topological polar surface area (TPSA) is 78.7 Å². The Bertz CT molecular complexity index is 727. The maximum absolute atomic E-state index is 11.9. The number of aliphatic imine (C=N–C) groups is 1. The molecule has 1 aromatic carbocycles. The van der Waals surface area contributed by atoms with Gasteiger partial charge in [-0.25, -0.2) is 0 Å². The maximum Gasteiger partial charge on any atom is 0.287 e. The molecule has 0 aliphatic carbocycles. The van der Waals surface area contributed by atoms with Gasteiger partial charge in [-0.15, -0.1) is 0 Å². The van der Waals surface area contributed by atoms with E-state index in [0.717, 1.165) is 22.6 Å². The largest absolute Gasteiger partial charge is 0.459 e. The summed E-state index contributed by atoms with van der Waals surface area (Å²) in [6.07, 6.45) is 2.28. The van der Waals surface area contributed by atoms with Crippen molar-refractivity contribution in [1.29, 1.82) is 0 Å². The molecule has 0 aliphatic rings. The average Bonchev–Trinajstić information content (AvgIpc) is 3.04. The van der Waals surface area contributed by atoms with Crippen molar-refractivity contribution in [1.82, 2.24) is 16.0 Å². The van der Waals surface area contributed by atoms with Crippen LogP contribution >= 0.6 is 11.6 Å². The number of halogens is 1. The van der Waals surface area contributed by atoms with Crippen LogP contribution in [-0.4, -0.2) is 32.0 Å². The molecule has 3 N–H and O–H groups in total. The van der Waals surface area contributed by atoms with Gasteiger partial charge < -0.3 is 20.4 Å². The fourth-order valence-corrected chi connectivity index (χ4v) is 2.43. The summed E-state index contributed by atoms with van der Waals surface area (Å²) in [5.74, 6) is 0.863. The number of benzene rings is 1. The second-order valence-electron chi connectivity index (χ2n) is 5.49. The number of aryl methyl sites for hydroxylation is 1. The Kier molecular flexibility index (Phi) is 7.35. The number of hydrogen-bond donors (Lipinski definition) is 3. The molecule has 1 amide bonds. The van der Waals surface area contributed by atoms with Crippen molar-refractivity contribution in [2.24, 2.45) is 4.99 Å². The minimum Gasteiger partial charge on any atom is -0.459 e. The van der Waals surface area contributed by atoms with Gasteiger partial charge in [0, 0.05) is 37.3 Å². The fraction of sp³-hybridized carbons (Fsp3) is 0.333. The van der Waals surface area contributed by atoms with Gasteiger partial charge in [-0.1, -0.05) is 29.8 Å². The lowest BCUT2D eigenvalue weighted by Crippen LogP contribution is -2.38. The second-order valence-corrected chi connectivity index (χ2v) is 5.89. The first-order valence-corrected chi connectivity index (χ1v) is 8.50. The van der Waals surface area contributed by atoms with Gasteiger partial charge in [0.05, 0.1) is 6.26 Å². The van der Waals surface area contributed by atoms with Crippen LogP contribution in [0, 0.1) is 6.92 Å². The number of nitrogens with zero attached hydrogens (tertiary/aromatic N) is 1. The number of nitrogens with one attached hydrogen (secondary N) is 3. The summed E-state index contributed by atoms with van der Waals surface area (Å²) in [4.78, 5) is 16.1. The van der Waals surface area contributed by atoms with Crippen LogP contribution in [0.5, 0.6) is 0 Å². The molecule has 0 saturated carbocycles. The summed E-state index contributed by atoms with van der Waals surface area (Å²) in [5.41, 5.74) is 1.84. The molecule has 0 radical (unpaired) electrons. The van der Waals surface area contributed by atoms with Gasteiger partial charge in [0.15, 0.2) is 11.7 Å². The predicted molar refractivity (Wildman–Crippen MR) is 100 cm³/mol. The van der Waals surface area contributed by atoms with Gasteiger partial charge in [0.1, 0.15) is 0 Å². The van der Waals surface area contributed by atoms with Gasteiger partial charge in [0.2, 0.25) is 0 Å². The van der Waals surface area contributed by atoms with Crippen LogP contribution in [0.2, 0.25) is 5.02 Å². The molecule has 0 fully saturated rings. The monoisotopic (exact) mass is 362 g/mol. The molecular formula is C18H23ClN4O2. The van der Waals surface area contributed by atoms with Crippen LogP contribution in [0.3, 0.4) is 0 Å². The zero-order valence-corrected chi connectivity index (χ0v) is 15.2. The first-order valence-electron chi connectivity index (χ1n) is 8.12. The third-order valence-electron chi connectivity index (χ3n) is 3.63. The highest BCUT2D eigenvalue weighted by atomic mass is 35.5. The number of furan rings is 1. The van der Waals surface area contributed by atoms with E-state index in [2.05, 4.69) is 20.9 Å². The predicted octanol–water partition coefficient (Wildman–Crippen LogP) is 2.73. The molecular weight excluding hydrogens is 340 g/mol. The first-order chi connectivity index (χ1) is 12.1. The molecule has 6 nitrogen and oxygen atoms in total. The molecule has 1 heterocycles. The Morgan fingerprint density at radius 2 is 1.92 bits per heavy atom. The van der Waals surface area contributed by atoms with Crippen LogP contribution in [0.25, 0.3) is 0 Å². The quantitative estimate of drug-likeness (QED) is 0.402. The van der Waals surface area contributed by atoms with Crippen molar-refractivity contribution in [2.45, 2.75) is 19.9 Å². The molecule has 0 bridgehead atoms. The average molecular weight is 363 g/mol. The van der Waals surface area contributed by atoms with E-state index < -0.39 is 0 Å². The van der Waals surface area contributed by atoms with Gasteiger partial charge in [-0.05, 0) is 31.0 Å². The lowest BCUT2D eigenvalue weighted by Gasteiger charge is -2.12. The third-order valence-corrected chi connectivity index (χ3v) is 4.00. The molecule has 0 aliphatic heterocycles. The SMILES string of the molecule is CN=C(NCCCNC(=O)c1occc1C)NCc1ccccc1Cl. The molecule has 2 rings (SSSR count). The minimum atomic E-state index is -0.191. The number of guanidine groups is 1. The second kappa shape index (κ2) is 9.74. The highest BCUT2D eigenvalue weighted by Crippen LogP contribution is 2.14. The summed E-state index contributed by atoms with van der Waals surface area (Å²) >= 11 is 6.13. The Labute approximate surface area is 152 Å². The van der Waals surface area contributed by atoms with Crippen molar-refractivity contribution in [2.75, 3.05) is 20.1 Å². The molecule has 0 spiro atoms. The Morgan fingerprint density at radius 3 is 2.60 bits per heavy atom. The first kappa shape index (κ1) is 18.9. The van der Waals surface area contributed by atoms with Gasteiger partial charge in [0.25, 0.3) is 5.91 Å².